The van der Waals surface area contributed by atoms with Gasteiger partial charge >= 0.3 is 12.0 Å². The summed E-state index contributed by atoms with van der Waals surface area (Å²) in [6, 6.07) is 9.34. The number of anilines is 1. The van der Waals surface area contributed by atoms with Gasteiger partial charge in [0.15, 0.2) is 12.6 Å². The number of esters is 1. The molecule has 0 unspecified atom stereocenters. The van der Waals surface area contributed by atoms with Gasteiger partial charge in [0.1, 0.15) is 35.1 Å². The first kappa shape index (κ1) is 52.6. The Hall–Kier alpha value is -2.99. The number of urea groups is 1. The number of ether oxygens (including phenoxy) is 6. The molecule has 0 spiro atoms. The number of carbonyl (C=O) groups is 2. The Morgan fingerprint density at radius 1 is 0.984 bits per heavy atom. The number of nitriles is 1. The van der Waals surface area contributed by atoms with Crippen LogP contribution in [0.5, 0.6) is 0 Å². The molecule has 3 heterocycles. The summed E-state index contributed by atoms with van der Waals surface area (Å²) in [5, 5.41) is 72.6. The summed E-state index contributed by atoms with van der Waals surface area (Å²) in [7, 11) is 4.67. The molecule has 1 aromatic carbocycles. The van der Waals surface area contributed by atoms with Crippen molar-refractivity contribution in [3.63, 3.8) is 0 Å². The summed E-state index contributed by atoms with van der Waals surface area (Å²) in [5.74, 6) is -3.10. The lowest BCUT2D eigenvalue weighted by atomic mass is 9.73. The highest BCUT2D eigenvalue weighted by Crippen LogP contribution is 2.44. The molecule has 3 saturated heterocycles. The van der Waals surface area contributed by atoms with Gasteiger partial charge in [0, 0.05) is 45.3 Å². The maximum atomic E-state index is 14.4. The highest BCUT2D eigenvalue weighted by molar-refractivity contribution is 5.91. The quantitative estimate of drug-likeness (QED) is 0.195. The van der Waals surface area contributed by atoms with Gasteiger partial charge in [-0.3, -0.25) is 9.69 Å². The van der Waals surface area contributed by atoms with Crippen LogP contribution < -0.4 is 10.2 Å². The minimum absolute atomic E-state index is 0.0700. The van der Waals surface area contributed by atoms with Crippen molar-refractivity contribution in [2.24, 2.45) is 17.8 Å². The van der Waals surface area contributed by atoms with E-state index in [1.54, 1.807) is 81.6 Å². The van der Waals surface area contributed by atoms with E-state index in [1.807, 2.05) is 31.2 Å². The molecule has 18 atom stereocenters. The van der Waals surface area contributed by atoms with E-state index < -0.39 is 108 Å². The van der Waals surface area contributed by atoms with Gasteiger partial charge in [0.05, 0.1) is 54.5 Å². The molecule has 0 bridgehead atoms. The number of nitrogens with zero attached hydrogens (tertiary/aromatic N) is 3. The van der Waals surface area contributed by atoms with Crippen LogP contribution in [0.1, 0.15) is 101 Å². The maximum absolute atomic E-state index is 14.4. The number of hydrogen-bond donors (Lipinski definition) is 6. The zero-order valence-electron chi connectivity index (χ0n) is 39.6. The molecule has 358 valence electrons. The molecular weight excluding hydrogens is 817 g/mol. The minimum atomic E-state index is -1.88. The normalized spacial score (nSPS) is 43.4. The number of benzene rings is 1. The predicted octanol–water partition coefficient (Wildman–Crippen LogP) is 3.47. The average molecular weight is 893 g/mol. The molecule has 3 fully saturated rings. The molecule has 17 nitrogen and oxygen atoms in total. The van der Waals surface area contributed by atoms with E-state index in [1.165, 1.54) is 23.8 Å². The Kier molecular flexibility index (Phi) is 17.6. The van der Waals surface area contributed by atoms with E-state index in [9.17, 15) is 40.4 Å². The van der Waals surface area contributed by atoms with Gasteiger partial charge in [0.25, 0.3) is 0 Å². The number of methoxy groups -OCH3 is 1. The molecule has 3 aliphatic heterocycles. The Morgan fingerprint density at radius 2 is 1.62 bits per heavy atom. The number of aliphatic hydroxyl groups is 5. The molecule has 0 aromatic heterocycles. The van der Waals surface area contributed by atoms with E-state index in [0.717, 1.165) is 0 Å². The smallest absolute Gasteiger partial charge is 0.324 e. The molecule has 0 saturated carbocycles. The van der Waals surface area contributed by atoms with Crippen LogP contribution in [-0.4, -0.2) is 160 Å². The summed E-state index contributed by atoms with van der Waals surface area (Å²) < 4.78 is 38.0. The van der Waals surface area contributed by atoms with Crippen molar-refractivity contribution in [3.05, 3.63) is 30.3 Å². The molecule has 4 rings (SSSR count). The fourth-order valence-corrected chi connectivity index (χ4v) is 9.88. The van der Waals surface area contributed by atoms with Crippen molar-refractivity contribution in [3.8, 4) is 6.07 Å². The van der Waals surface area contributed by atoms with E-state index in [2.05, 4.69) is 5.32 Å². The number of para-hydroxylation sites is 1. The second-order valence-electron chi connectivity index (χ2n) is 19.2. The van der Waals surface area contributed by atoms with E-state index in [-0.39, 0.29) is 44.1 Å². The molecule has 1 aromatic rings. The number of aliphatic hydroxyl groups excluding tert-OH is 2. The lowest BCUT2D eigenvalue weighted by molar-refractivity contribution is -0.336. The first-order valence-corrected chi connectivity index (χ1v) is 22.4. The zero-order valence-corrected chi connectivity index (χ0v) is 39.6. The van der Waals surface area contributed by atoms with Crippen LogP contribution in [-0.2, 0) is 33.2 Å². The maximum Gasteiger partial charge on any atom is 0.324 e. The van der Waals surface area contributed by atoms with Crippen molar-refractivity contribution < 1.29 is 63.5 Å². The third-order valence-corrected chi connectivity index (χ3v) is 14.1. The van der Waals surface area contributed by atoms with Crippen LogP contribution in [0.15, 0.2) is 30.3 Å². The van der Waals surface area contributed by atoms with Crippen LogP contribution in [0.2, 0.25) is 0 Å². The number of nitrogens with one attached hydrogen (secondary N) is 1. The Bertz CT molecular complexity index is 1700. The van der Waals surface area contributed by atoms with Gasteiger partial charge in [-0.15, -0.1) is 0 Å². The zero-order chi connectivity index (χ0) is 47.4. The van der Waals surface area contributed by atoms with Gasteiger partial charge in [-0.1, -0.05) is 39.0 Å². The minimum Gasteiger partial charge on any atom is -0.459 e. The number of likely N-dealkylation sites (N-methyl/N-ethyl adjacent to an activating group) is 1. The van der Waals surface area contributed by atoms with Crippen LogP contribution in [0.3, 0.4) is 0 Å². The van der Waals surface area contributed by atoms with Crippen molar-refractivity contribution in [2.45, 2.75) is 191 Å². The van der Waals surface area contributed by atoms with Crippen LogP contribution in [0, 0.1) is 29.1 Å². The Labute approximate surface area is 373 Å². The molecule has 2 amide bonds. The lowest BCUT2D eigenvalue weighted by Crippen LogP contribution is -2.66. The summed E-state index contributed by atoms with van der Waals surface area (Å²) in [6.07, 6.45) is -10.1. The summed E-state index contributed by atoms with van der Waals surface area (Å²) >= 11 is 0. The average Bonchev–Trinajstić information content (AvgIpc) is 3.23. The van der Waals surface area contributed by atoms with E-state index in [0.29, 0.717) is 12.2 Å². The van der Waals surface area contributed by atoms with Crippen molar-refractivity contribution in [1.82, 2.24) is 10.2 Å². The molecule has 0 aliphatic carbocycles. The van der Waals surface area contributed by atoms with Gasteiger partial charge in [0.2, 0.25) is 0 Å². The summed E-state index contributed by atoms with van der Waals surface area (Å²) in [6.45, 7) is 17.1. The van der Waals surface area contributed by atoms with Gasteiger partial charge in [-0.25, -0.2) is 4.79 Å². The SMILES string of the molecule is CC[C@H]1OC(=O)[C@H](C)[C@@H](O[C@H]2C[C@@](C)(OC)[C@](O)(CC#N)[C@H](C)O2)[C@H](C)[C@@H](O[C@@H]2O[C@H](C)C[C@H](N(C)C(=O)N(C)c3ccccc3)[C@H]2O)[C@](C)(O)C[C@@H](C)CN[C@H](C)[C@@H](O)[C@]1(C)O. The topological polar surface area (TPSA) is 233 Å². The number of carbonyl (C=O) groups excluding carboxylic acids is 2. The molecule has 63 heavy (non-hydrogen) atoms. The number of cyclic esters (lactones) is 1. The van der Waals surface area contributed by atoms with Gasteiger partial charge in [-0.05, 0) is 92.3 Å². The fraction of sp³-hybridized carbons (Fsp3) is 0.804. The van der Waals surface area contributed by atoms with Crippen molar-refractivity contribution >= 4 is 17.7 Å². The van der Waals surface area contributed by atoms with E-state index >= 15 is 0 Å². The largest absolute Gasteiger partial charge is 0.459 e. The summed E-state index contributed by atoms with van der Waals surface area (Å²) in [4.78, 5) is 31.2. The predicted molar refractivity (Wildman–Crippen MR) is 233 cm³/mol. The van der Waals surface area contributed by atoms with Gasteiger partial charge in [-0.2, -0.15) is 5.26 Å². The molecule has 17 heteroatoms. The monoisotopic (exact) mass is 893 g/mol. The Balaban J connectivity index is 1.80. The van der Waals surface area contributed by atoms with Crippen LogP contribution >= 0.6 is 0 Å². The first-order chi connectivity index (χ1) is 29.3. The third kappa shape index (κ3) is 11.3. The molecule has 6 N–H and O–H groups in total. The standard InChI is InChI=1S/C46H76N4O13/c1-14-34-45(10,56)38(52)30(6)48-25-26(2)23-43(8,55)39(63-41-36(51)33(22-27(3)59-41)50(12)42(54)49(11)32-18-16-15-17-19-32)28(4)37(29(5)40(53)61-34)62-35-24-44(9,58-13)46(57,20-21-47)31(7)60-35/h15-19,26-31,33-39,41,48,51-52,55-57H,14,20,22-25H2,1-13H3/t26-,27-,28+,29-,30-,31+,33+,34-,35+,36-,37+,38-,39-,41+,43-,44-,45-,46+/m1/s1. The second kappa shape index (κ2) is 21.1. The number of rotatable bonds is 9. The van der Waals surface area contributed by atoms with Gasteiger partial charge < -0.3 is 64.2 Å². The lowest BCUT2D eigenvalue weighted by Gasteiger charge is -2.53. The highest BCUT2D eigenvalue weighted by atomic mass is 16.7. The first-order valence-electron chi connectivity index (χ1n) is 22.4. The Morgan fingerprint density at radius 3 is 2.21 bits per heavy atom. The highest BCUT2D eigenvalue weighted by Gasteiger charge is 2.58. The second-order valence-corrected chi connectivity index (χ2v) is 19.2. The number of amides is 2. The third-order valence-electron chi connectivity index (χ3n) is 14.1. The molecular formula is C46H76N4O13. The molecule has 0 radical (unpaired) electrons. The van der Waals surface area contributed by atoms with Crippen molar-refractivity contribution in [1.29, 1.82) is 5.26 Å². The van der Waals surface area contributed by atoms with Crippen LogP contribution in [0.25, 0.3) is 0 Å². The van der Waals surface area contributed by atoms with E-state index in [4.69, 9.17) is 28.4 Å². The van der Waals surface area contributed by atoms with Crippen LogP contribution in [0.4, 0.5) is 10.5 Å². The fourth-order valence-electron chi connectivity index (χ4n) is 9.88. The van der Waals surface area contributed by atoms with Crippen molar-refractivity contribution in [2.75, 3.05) is 32.6 Å². The molecule has 3 aliphatic rings. The summed E-state index contributed by atoms with van der Waals surface area (Å²) in [5.41, 5.74) is -6.00. The number of hydrogen-bond acceptors (Lipinski definition) is 15.